The van der Waals surface area contributed by atoms with Gasteiger partial charge in [0.15, 0.2) is 6.61 Å². The number of para-hydroxylation sites is 1. The summed E-state index contributed by atoms with van der Waals surface area (Å²) in [6, 6.07) is 17.1. The maximum atomic E-state index is 13.2. The average molecular weight is 423 g/mol. The Morgan fingerprint density at radius 3 is 2.48 bits per heavy atom. The molecule has 1 aliphatic rings. The van der Waals surface area contributed by atoms with Crippen LogP contribution in [0.15, 0.2) is 54.6 Å². The lowest BCUT2D eigenvalue weighted by Crippen LogP contribution is -2.52. The van der Waals surface area contributed by atoms with Gasteiger partial charge in [0.1, 0.15) is 11.8 Å². The lowest BCUT2D eigenvalue weighted by molar-refractivity contribution is -0.143. The summed E-state index contributed by atoms with van der Waals surface area (Å²) < 4.78 is 5.71. The van der Waals surface area contributed by atoms with Gasteiger partial charge in [-0.15, -0.1) is 0 Å². The lowest BCUT2D eigenvalue weighted by Gasteiger charge is -2.32. The third-order valence-electron chi connectivity index (χ3n) is 5.88. The Morgan fingerprint density at radius 2 is 1.81 bits per heavy atom. The van der Waals surface area contributed by atoms with E-state index in [1.54, 1.807) is 4.90 Å². The van der Waals surface area contributed by atoms with Crippen LogP contribution in [0.25, 0.3) is 0 Å². The summed E-state index contributed by atoms with van der Waals surface area (Å²) in [7, 11) is 0. The van der Waals surface area contributed by atoms with Crippen molar-refractivity contribution in [3.05, 3.63) is 65.7 Å². The molecule has 0 saturated heterocycles. The van der Waals surface area contributed by atoms with Crippen molar-refractivity contribution in [3.8, 4) is 5.75 Å². The monoisotopic (exact) mass is 422 g/mol. The first kappa shape index (κ1) is 22.9. The molecule has 31 heavy (non-hydrogen) atoms. The van der Waals surface area contributed by atoms with E-state index in [1.807, 2.05) is 62.4 Å². The molecule has 1 unspecified atom stereocenters. The molecule has 1 saturated carbocycles. The number of nitrogens with one attached hydrogen (secondary N) is 1. The predicted molar refractivity (Wildman–Crippen MR) is 123 cm³/mol. The molecule has 0 bridgehead atoms. The van der Waals surface area contributed by atoms with Gasteiger partial charge in [0.05, 0.1) is 0 Å². The van der Waals surface area contributed by atoms with Crippen molar-refractivity contribution in [2.45, 2.75) is 71.0 Å². The van der Waals surface area contributed by atoms with E-state index in [-0.39, 0.29) is 24.5 Å². The summed E-state index contributed by atoms with van der Waals surface area (Å²) in [5, 5.41) is 3.20. The van der Waals surface area contributed by atoms with Crippen molar-refractivity contribution in [2.24, 2.45) is 0 Å². The molecule has 1 fully saturated rings. The Labute approximate surface area is 185 Å². The number of hydrogen-bond donors (Lipinski definition) is 1. The summed E-state index contributed by atoms with van der Waals surface area (Å²) in [4.78, 5) is 28.1. The quantitative estimate of drug-likeness (QED) is 0.641. The van der Waals surface area contributed by atoms with Crippen LogP contribution in [0.4, 0.5) is 0 Å². The third-order valence-corrected chi connectivity index (χ3v) is 5.88. The van der Waals surface area contributed by atoms with Crippen molar-refractivity contribution in [3.63, 3.8) is 0 Å². The highest BCUT2D eigenvalue weighted by molar-refractivity contribution is 5.88. The molecule has 2 amide bonds. The van der Waals surface area contributed by atoms with Crippen molar-refractivity contribution in [1.82, 2.24) is 10.2 Å². The second-order valence-electron chi connectivity index (χ2n) is 8.38. The summed E-state index contributed by atoms with van der Waals surface area (Å²) in [6.07, 6.45) is 6.13. The molecule has 0 radical (unpaired) electrons. The maximum Gasteiger partial charge on any atom is 0.261 e. The van der Waals surface area contributed by atoms with Gasteiger partial charge in [-0.25, -0.2) is 0 Å². The van der Waals surface area contributed by atoms with Crippen LogP contribution in [0.3, 0.4) is 0 Å². The van der Waals surface area contributed by atoms with Crippen LogP contribution >= 0.6 is 0 Å². The van der Waals surface area contributed by atoms with Crippen LogP contribution in [0.5, 0.6) is 5.75 Å². The molecule has 2 aromatic rings. The first-order chi connectivity index (χ1) is 15.1. The number of amides is 2. The normalized spacial score (nSPS) is 15.2. The molecule has 0 spiro atoms. The fourth-order valence-corrected chi connectivity index (χ4v) is 4.22. The molecule has 1 atom stereocenters. The molecule has 5 nitrogen and oxygen atoms in total. The van der Waals surface area contributed by atoms with E-state index in [4.69, 9.17) is 4.74 Å². The zero-order valence-corrected chi connectivity index (χ0v) is 18.7. The van der Waals surface area contributed by atoms with Gasteiger partial charge in [-0.1, -0.05) is 74.2 Å². The Morgan fingerprint density at radius 1 is 1.06 bits per heavy atom. The Hall–Kier alpha value is -2.82. The number of hydrogen-bond acceptors (Lipinski definition) is 3. The molecule has 0 aromatic heterocycles. The molecule has 1 N–H and O–H groups in total. The molecule has 1 aliphatic carbocycles. The zero-order valence-electron chi connectivity index (χ0n) is 18.7. The highest BCUT2D eigenvalue weighted by Gasteiger charge is 2.30. The van der Waals surface area contributed by atoms with E-state index in [1.165, 1.54) is 6.42 Å². The van der Waals surface area contributed by atoms with Crippen LogP contribution < -0.4 is 10.1 Å². The molecular weight excluding hydrogens is 388 g/mol. The van der Waals surface area contributed by atoms with Crippen molar-refractivity contribution in [1.29, 1.82) is 0 Å². The van der Waals surface area contributed by atoms with Gasteiger partial charge in [0.2, 0.25) is 5.91 Å². The topological polar surface area (TPSA) is 58.6 Å². The Kier molecular flexibility index (Phi) is 8.51. The molecule has 5 heteroatoms. The van der Waals surface area contributed by atoms with Crippen LogP contribution in [0.2, 0.25) is 0 Å². The summed E-state index contributed by atoms with van der Waals surface area (Å²) in [5.74, 6) is 0.400. The van der Waals surface area contributed by atoms with E-state index in [0.29, 0.717) is 18.7 Å². The number of rotatable bonds is 9. The van der Waals surface area contributed by atoms with Crippen molar-refractivity contribution in [2.75, 3.05) is 6.61 Å². The highest BCUT2D eigenvalue weighted by atomic mass is 16.5. The third kappa shape index (κ3) is 6.84. The molecule has 166 valence electrons. The van der Waals surface area contributed by atoms with Gasteiger partial charge in [-0.05, 0) is 43.9 Å². The summed E-state index contributed by atoms with van der Waals surface area (Å²) in [6.45, 7) is 4.28. The number of carbonyl (C=O) groups is 2. The van der Waals surface area contributed by atoms with Crippen LogP contribution in [0.1, 0.15) is 56.6 Å². The van der Waals surface area contributed by atoms with Crippen LogP contribution in [0, 0.1) is 6.92 Å². The molecule has 2 aromatic carbocycles. The first-order valence-electron chi connectivity index (χ1n) is 11.4. The second-order valence-corrected chi connectivity index (χ2v) is 8.38. The number of carbonyl (C=O) groups excluding carboxylic acids is 2. The minimum absolute atomic E-state index is 0.0601. The van der Waals surface area contributed by atoms with E-state index >= 15 is 0 Å². The predicted octanol–water partition coefficient (Wildman–Crippen LogP) is 4.63. The van der Waals surface area contributed by atoms with Gasteiger partial charge < -0.3 is 15.0 Å². The summed E-state index contributed by atoms with van der Waals surface area (Å²) >= 11 is 0. The standard InChI is InChI=1S/C26H34N2O3/c1-3-24(26(30)27-22-13-6-4-7-14-22)28(18-21-12-10-11-20(2)17-21)25(29)19-31-23-15-8-5-9-16-23/h5,8-12,15-17,22,24H,3-4,6-7,13-14,18-19H2,1-2H3,(H,27,30). The van der Waals surface area contributed by atoms with Gasteiger partial charge >= 0.3 is 0 Å². The second kappa shape index (κ2) is 11.5. The Bertz CT molecular complexity index is 847. The highest BCUT2D eigenvalue weighted by Crippen LogP contribution is 2.19. The SMILES string of the molecule is CCC(C(=O)NC1CCCCC1)N(Cc1cccc(C)c1)C(=O)COc1ccccc1. The molecule has 0 heterocycles. The average Bonchev–Trinajstić information content (AvgIpc) is 2.79. The maximum absolute atomic E-state index is 13.2. The Balaban J connectivity index is 1.74. The van der Waals surface area contributed by atoms with E-state index < -0.39 is 6.04 Å². The van der Waals surface area contributed by atoms with Gasteiger partial charge in [0, 0.05) is 12.6 Å². The fourth-order valence-electron chi connectivity index (χ4n) is 4.22. The zero-order chi connectivity index (χ0) is 22.1. The van der Waals surface area contributed by atoms with Crippen LogP contribution in [-0.4, -0.2) is 35.4 Å². The molecule has 0 aliphatic heterocycles. The first-order valence-corrected chi connectivity index (χ1v) is 11.4. The number of aryl methyl sites for hydroxylation is 1. The van der Waals surface area contributed by atoms with Crippen molar-refractivity contribution < 1.29 is 14.3 Å². The smallest absolute Gasteiger partial charge is 0.261 e. The van der Waals surface area contributed by atoms with E-state index in [0.717, 1.165) is 36.8 Å². The van der Waals surface area contributed by atoms with E-state index in [9.17, 15) is 9.59 Å². The largest absolute Gasteiger partial charge is 0.484 e. The number of nitrogens with zero attached hydrogens (tertiary/aromatic N) is 1. The fraction of sp³-hybridized carbons (Fsp3) is 0.462. The molecule has 3 rings (SSSR count). The van der Waals surface area contributed by atoms with Crippen LogP contribution in [-0.2, 0) is 16.1 Å². The minimum Gasteiger partial charge on any atom is -0.484 e. The summed E-state index contributed by atoms with van der Waals surface area (Å²) in [5.41, 5.74) is 2.14. The van der Waals surface area contributed by atoms with E-state index in [2.05, 4.69) is 11.4 Å². The van der Waals surface area contributed by atoms with Gasteiger partial charge in [0.25, 0.3) is 5.91 Å². The van der Waals surface area contributed by atoms with Gasteiger partial charge in [-0.2, -0.15) is 0 Å². The lowest BCUT2D eigenvalue weighted by atomic mass is 9.95. The number of ether oxygens (including phenoxy) is 1. The molecular formula is C26H34N2O3. The van der Waals surface area contributed by atoms with Gasteiger partial charge in [-0.3, -0.25) is 9.59 Å². The number of benzene rings is 2. The minimum atomic E-state index is -0.519. The van der Waals surface area contributed by atoms with Crippen molar-refractivity contribution >= 4 is 11.8 Å².